The molecule has 1 amide bonds. The Kier molecular flexibility index (Phi) is 4.54. The number of hydrogen-bond acceptors (Lipinski definition) is 4. The van der Waals surface area contributed by atoms with Gasteiger partial charge in [-0.15, -0.1) is 11.3 Å². The molecule has 0 fully saturated rings. The first-order valence-electron chi connectivity index (χ1n) is 6.83. The summed E-state index contributed by atoms with van der Waals surface area (Å²) in [5, 5.41) is 9.07. The van der Waals surface area contributed by atoms with E-state index in [1.807, 2.05) is 19.2 Å². The number of aryl methyl sites for hydroxylation is 2. The highest BCUT2D eigenvalue weighted by Crippen LogP contribution is 2.23. The van der Waals surface area contributed by atoms with Crippen LogP contribution in [0.25, 0.3) is 0 Å². The van der Waals surface area contributed by atoms with Crippen molar-refractivity contribution in [3.8, 4) is 0 Å². The van der Waals surface area contributed by atoms with Gasteiger partial charge in [0, 0.05) is 16.8 Å². The summed E-state index contributed by atoms with van der Waals surface area (Å²) in [5.74, 6) is 0.746. The highest BCUT2D eigenvalue weighted by Gasteiger charge is 2.19. The summed E-state index contributed by atoms with van der Waals surface area (Å²) < 4.78 is 1.80. The van der Waals surface area contributed by atoms with Gasteiger partial charge < -0.3 is 5.32 Å². The average molecular weight is 292 g/mol. The van der Waals surface area contributed by atoms with E-state index in [1.165, 1.54) is 11.2 Å². The number of carbonyl (C=O) groups is 1. The van der Waals surface area contributed by atoms with E-state index in [9.17, 15) is 4.79 Å². The van der Waals surface area contributed by atoms with Crippen molar-refractivity contribution in [1.29, 1.82) is 0 Å². The van der Waals surface area contributed by atoms with Crippen molar-refractivity contribution in [2.45, 2.75) is 46.7 Å². The van der Waals surface area contributed by atoms with Gasteiger partial charge in [-0.1, -0.05) is 6.92 Å². The van der Waals surface area contributed by atoms with E-state index >= 15 is 0 Å². The topological polar surface area (TPSA) is 59.8 Å². The van der Waals surface area contributed by atoms with Crippen LogP contribution < -0.4 is 5.32 Å². The largest absolute Gasteiger partial charge is 0.342 e. The molecular weight excluding hydrogens is 272 g/mol. The van der Waals surface area contributed by atoms with Crippen molar-refractivity contribution < 1.29 is 4.79 Å². The van der Waals surface area contributed by atoms with E-state index in [1.54, 1.807) is 16.0 Å². The van der Waals surface area contributed by atoms with Gasteiger partial charge in [0.1, 0.15) is 12.2 Å². The van der Waals surface area contributed by atoms with E-state index in [-0.39, 0.29) is 11.9 Å². The monoisotopic (exact) mass is 292 g/mol. The molecular formula is C14H20N4OS. The predicted octanol–water partition coefficient (Wildman–Crippen LogP) is 2.72. The van der Waals surface area contributed by atoms with E-state index in [4.69, 9.17) is 0 Å². The van der Waals surface area contributed by atoms with Gasteiger partial charge in [0.25, 0.3) is 5.91 Å². The lowest BCUT2D eigenvalue weighted by atomic mass is 10.1. The van der Waals surface area contributed by atoms with Crippen LogP contribution in [0, 0.1) is 6.92 Å². The van der Waals surface area contributed by atoms with Crippen molar-refractivity contribution in [1.82, 2.24) is 20.1 Å². The molecule has 2 aromatic heterocycles. The maximum Gasteiger partial charge on any atom is 0.252 e. The molecule has 0 radical (unpaired) electrons. The van der Waals surface area contributed by atoms with Crippen LogP contribution in [0.5, 0.6) is 0 Å². The van der Waals surface area contributed by atoms with E-state index in [0.717, 1.165) is 29.9 Å². The number of thiophene rings is 1. The Labute approximate surface area is 123 Å². The summed E-state index contributed by atoms with van der Waals surface area (Å²) in [7, 11) is 0. The van der Waals surface area contributed by atoms with Gasteiger partial charge in [-0.25, -0.2) is 9.67 Å². The van der Waals surface area contributed by atoms with Gasteiger partial charge in [0.05, 0.1) is 11.6 Å². The van der Waals surface area contributed by atoms with Crippen molar-refractivity contribution in [2.24, 2.45) is 0 Å². The van der Waals surface area contributed by atoms with Crippen LogP contribution in [0.1, 0.15) is 53.4 Å². The SMILES string of the molecule is CCc1c(C(=O)NC(C)c2ncnn2CC)csc1C. The average Bonchev–Trinajstić information content (AvgIpc) is 3.04. The fourth-order valence-electron chi connectivity index (χ4n) is 2.30. The third-order valence-corrected chi connectivity index (χ3v) is 4.34. The van der Waals surface area contributed by atoms with E-state index in [0.29, 0.717) is 0 Å². The Morgan fingerprint density at radius 3 is 2.90 bits per heavy atom. The van der Waals surface area contributed by atoms with Crippen LogP contribution in [0.15, 0.2) is 11.7 Å². The van der Waals surface area contributed by atoms with Crippen LogP contribution >= 0.6 is 11.3 Å². The molecule has 0 aliphatic rings. The number of aromatic nitrogens is 3. The molecule has 0 bridgehead atoms. The lowest BCUT2D eigenvalue weighted by Gasteiger charge is -2.14. The summed E-state index contributed by atoms with van der Waals surface area (Å²) in [5.41, 5.74) is 1.92. The molecule has 6 heteroatoms. The molecule has 0 aromatic carbocycles. The molecule has 5 nitrogen and oxygen atoms in total. The molecule has 0 saturated carbocycles. The highest BCUT2D eigenvalue weighted by molar-refractivity contribution is 7.10. The van der Waals surface area contributed by atoms with Gasteiger partial charge in [0.2, 0.25) is 0 Å². The van der Waals surface area contributed by atoms with Crippen molar-refractivity contribution in [2.75, 3.05) is 0 Å². The standard InChI is InChI=1S/C14H20N4OS/c1-5-11-10(4)20-7-12(11)14(19)17-9(3)13-15-8-16-18(13)6-2/h7-9H,5-6H2,1-4H3,(H,17,19). The van der Waals surface area contributed by atoms with Gasteiger partial charge in [-0.3, -0.25) is 4.79 Å². The van der Waals surface area contributed by atoms with Gasteiger partial charge >= 0.3 is 0 Å². The molecule has 1 atom stereocenters. The van der Waals surface area contributed by atoms with E-state index < -0.39 is 0 Å². The molecule has 2 heterocycles. The first-order chi connectivity index (χ1) is 9.58. The minimum Gasteiger partial charge on any atom is -0.342 e. The lowest BCUT2D eigenvalue weighted by molar-refractivity contribution is 0.0937. The molecule has 0 spiro atoms. The number of amides is 1. The molecule has 1 unspecified atom stereocenters. The third kappa shape index (κ3) is 2.75. The van der Waals surface area contributed by atoms with Gasteiger partial charge in [-0.2, -0.15) is 5.10 Å². The summed E-state index contributed by atoms with van der Waals surface area (Å²) >= 11 is 1.62. The Bertz CT molecular complexity index is 602. The first kappa shape index (κ1) is 14.7. The number of nitrogens with one attached hydrogen (secondary N) is 1. The molecule has 108 valence electrons. The van der Waals surface area contributed by atoms with Gasteiger partial charge in [-0.05, 0) is 32.8 Å². The molecule has 0 aliphatic heterocycles. The van der Waals surface area contributed by atoms with Crippen LogP contribution in [0.3, 0.4) is 0 Å². The zero-order valence-corrected chi connectivity index (χ0v) is 13.1. The van der Waals surface area contributed by atoms with Crippen LogP contribution in [-0.4, -0.2) is 20.7 Å². The molecule has 0 aliphatic carbocycles. The fourth-order valence-corrected chi connectivity index (χ4v) is 3.24. The summed E-state index contributed by atoms with van der Waals surface area (Å²) in [6.45, 7) is 8.80. The third-order valence-electron chi connectivity index (χ3n) is 3.38. The zero-order valence-electron chi connectivity index (χ0n) is 12.3. The number of rotatable bonds is 5. The van der Waals surface area contributed by atoms with Crippen LogP contribution in [-0.2, 0) is 13.0 Å². The normalized spacial score (nSPS) is 12.4. The first-order valence-corrected chi connectivity index (χ1v) is 7.71. The number of nitrogens with zero attached hydrogens (tertiary/aromatic N) is 3. The second kappa shape index (κ2) is 6.17. The van der Waals surface area contributed by atoms with Crippen molar-refractivity contribution in [3.63, 3.8) is 0 Å². The van der Waals surface area contributed by atoms with Crippen molar-refractivity contribution >= 4 is 17.2 Å². The second-order valence-electron chi connectivity index (χ2n) is 4.67. The van der Waals surface area contributed by atoms with Crippen LogP contribution in [0.2, 0.25) is 0 Å². The van der Waals surface area contributed by atoms with E-state index in [2.05, 4.69) is 29.2 Å². The molecule has 2 rings (SSSR count). The summed E-state index contributed by atoms with van der Waals surface area (Å²) in [4.78, 5) is 17.8. The Hall–Kier alpha value is -1.69. The highest BCUT2D eigenvalue weighted by atomic mass is 32.1. The van der Waals surface area contributed by atoms with Crippen LogP contribution in [0.4, 0.5) is 0 Å². The number of hydrogen-bond donors (Lipinski definition) is 1. The number of carbonyl (C=O) groups excluding carboxylic acids is 1. The maximum atomic E-state index is 12.4. The molecule has 20 heavy (non-hydrogen) atoms. The second-order valence-corrected chi connectivity index (χ2v) is 5.75. The Morgan fingerprint density at radius 2 is 2.25 bits per heavy atom. The molecule has 2 aromatic rings. The quantitative estimate of drug-likeness (QED) is 0.921. The zero-order chi connectivity index (χ0) is 14.7. The minimum atomic E-state index is -0.158. The molecule has 1 N–H and O–H groups in total. The lowest BCUT2D eigenvalue weighted by Crippen LogP contribution is -2.29. The minimum absolute atomic E-state index is 0.0376. The smallest absolute Gasteiger partial charge is 0.252 e. The summed E-state index contributed by atoms with van der Waals surface area (Å²) in [6.07, 6.45) is 2.39. The Balaban J connectivity index is 2.15. The summed E-state index contributed by atoms with van der Waals surface area (Å²) in [6, 6.07) is -0.158. The maximum absolute atomic E-state index is 12.4. The predicted molar refractivity (Wildman–Crippen MR) is 80.0 cm³/mol. The fraction of sp³-hybridized carbons (Fsp3) is 0.500. The van der Waals surface area contributed by atoms with Crippen molar-refractivity contribution in [3.05, 3.63) is 33.5 Å². The molecule has 0 saturated heterocycles. The van der Waals surface area contributed by atoms with Gasteiger partial charge in [0.15, 0.2) is 0 Å². The Morgan fingerprint density at radius 1 is 1.50 bits per heavy atom.